The molecule has 0 aliphatic carbocycles. The van der Waals surface area contributed by atoms with Crippen LogP contribution in [-0.4, -0.2) is 15.8 Å². The van der Waals surface area contributed by atoms with Crippen LogP contribution in [0.5, 0.6) is 0 Å². The number of nitriles is 1. The number of carbonyl (C=O) groups is 1. The molecule has 3 rings (SSSR count). The van der Waals surface area contributed by atoms with Gasteiger partial charge in [-0.25, -0.2) is 14.4 Å². The van der Waals surface area contributed by atoms with E-state index >= 15 is 0 Å². The lowest BCUT2D eigenvalue weighted by atomic mass is 10.0. The van der Waals surface area contributed by atoms with Crippen molar-refractivity contribution in [2.24, 2.45) is 0 Å². The minimum atomic E-state index is -0.673. The fourth-order valence-corrected chi connectivity index (χ4v) is 2.25. The van der Waals surface area contributed by atoms with Crippen molar-refractivity contribution >= 4 is 11.9 Å². The van der Waals surface area contributed by atoms with E-state index in [0.29, 0.717) is 11.4 Å². The molecule has 4 nitrogen and oxygen atoms in total. The summed E-state index contributed by atoms with van der Waals surface area (Å²) in [5.74, 6) is -0.797. The van der Waals surface area contributed by atoms with Crippen molar-refractivity contribution in [3.05, 3.63) is 89.5 Å². The first-order chi connectivity index (χ1) is 12.2. The summed E-state index contributed by atoms with van der Waals surface area (Å²) in [5.41, 5.74) is 1.03. The first kappa shape index (κ1) is 16.2. The number of allylic oxidation sites excluding steroid dienone is 1. The molecular weight excluding hydrogens is 317 g/mol. The highest BCUT2D eigenvalue weighted by Gasteiger charge is 2.16. The van der Waals surface area contributed by atoms with Gasteiger partial charge in [-0.3, -0.25) is 4.79 Å². The Hall–Kier alpha value is -3.65. The molecule has 3 aromatic rings. The Balaban J connectivity index is 1.89. The SMILES string of the molecule is N#C/C(=C/c1cnc(-c2ccccc2)nc1)C(=O)c1ccccc1F. The second-order valence-corrected chi connectivity index (χ2v) is 5.18. The van der Waals surface area contributed by atoms with E-state index in [1.807, 2.05) is 36.4 Å². The van der Waals surface area contributed by atoms with Crippen LogP contribution in [0.3, 0.4) is 0 Å². The summed E-state index contributed by atoms with van der Waals surface area (Å²) in [4.78, 5) is 20.8. The van der Waals surface area contributed by atoms with E-state index in [0.717, 1.165) is 5.56 Å². The maximum atomic E-state index is 13.7. The smallest absolute Gasteiger partial charge is 0.206 e. The molecule has 0 amide bonds. The number of Topliss-reactive ketones (excluding diaryl/α,β-unsaturated/α-hetero) is 1. The molecule has 0 radical (unpaired) electrons. The molecule has 0 unspecified atom stereocenters. The number of nitrogens with zero attached hydrogens (tertiary/aromatic N) is 3. The molecule has 2 aromatic carbocycles. The normalized spacial score (nSPS) is 11.0. The highest BCUT2D eigenvalue weighted by Crippen LogP contribution is 2.17. The lowest BCUT2D eigenvalue weighted by molar-refractivity contribution is 0.103. The van der Waals surface area contributed by atoms with Crippen LogP contribution in [0, 0.1) is 17.1 Å². The molecule has 120 valence electrons. The van der Waals surface area contributed by atoms with Gasteiger partial charge in [0, 0.05) is 23.5 Å². The minimum absolute atomic E-state index is 0.142. The molecular formula is C20H12FN3O. The van der Waals surface area contributed by atoms with E-state index in [1.54, 1.807) is 6.07 Å². The van der Waals surface area contributed by atoms with E-state index in [2.05, 4.69) is 9.97 Å². The Morgan fingerprint density at radius 1 is 1.00 bits per heavy atom. The van der Waals surface area contributed by atoms with Crippen LogP contribution in [0.25, 0.3) is 17.5 Å². The Labute approximate surface area is 143 Å². The third kappa shape index (κ3) is 3.65. The van der Waals surface area contributed by atoms with E-state index in [1.165, 1.54) is 36.7 Å². The summed E-state index contributed by atoms with van der Waals surface area (Å²) >= 11 is 0. The average Bonchev–Trinajstić information content (AvgIpc) is 2.67. The molecule has 0 spiro atoms. The van der Waals surface area contributed by atoms with Crippen molar-refractivity contribution in [2.45, 2.75) is 0 Å². The van der Waals surface area contributed by atoms with Crippen LogP contribution >= 0.6 is 0 Å². The third-order valence-corrected chi connectivity index (χ3v) is 3.50. The molecule has 0 N–H and O–H groups in total. The van der Waals surface area contributed by atoms with Gasteiger partial charge in [-0.1, -0.05) is 42.5 Å². The summed E-state index contributed by atoms with van der Waals surface area (Å²) in [6.07, 6.45) is 4.38. The molecule has 0 aliphatic rings. The number of hydrogen-bond acceptors (Lipinski definition) is 4. The quantitative estimate of drug-likeness (QED) is 0.411. The second-order valence-electron chi connectivity index (χ2n) is 5.18. The van der Waals surface area contributed by atoms with Gasteiger partial charge in [-0.2, -0.15) is 5.26 Å². The number of hydrogen-bond donors (Lipinski definition) is 0. The monoisotopic (exact) mass is 329 g/mol. The summed E-state index contributed by atoms with van der Waals surface area (Å²) in [6.45, 7) is 0. The van der Waals surface area contributed by atoms with Gasteiger partial charge >= 0.3 is 0 Å². The fraction of sp³-hybridized carbons (Fsp3) is 0. The number of halogens is 1. The number of benzene rings is 2. The molecule has 25 heavy (non-hydrogen) atoms. The van der Waals surface area contributed by atoms with Gasteiger partial charge in [-0.15, -0.1) is 0 Å². The second kappa shape index (κ2) is 7.28. The van der Waals surface area contributed by atoms with E-state index in [9.17, 15) is 14.4 Å². The summed E-state index contributed by atoms with van der Waals surface area (Å²) < 4.78 is 13.7. The van der Waals surface area contributed by atoms with Gasteiger partial charge in [0.15, 0.2) is 5.82 Å². The number of aromatic nitrogens is 2. The first-order valence-corrected chi connectivity index (χ1v) is 7.47. The molecule has 5 heteroatoms. The largest absolute Gasteiger partial charge is 0.288 e. The summed E-state index contributed by atoms with van der Waals surface area (Å²) in [5, 5.41) is 9.24. The molecule has 1 heterocycles. The lowest BCUT2D eigenvalue weighted by Gasteiger charge is -2.02. The highest BCUT2D eigenvalue weighted by molar-refractivity contribution is 6.14. The van der Waals surface area contributed by atoms with Crippen LogP contribution < -0.4 is 0 Å². The number of ketones is 1. The van der Waals surface area contributed by atoms with Gasteiger partial charge in [0.05, 0.1) is 5.56 Å². The van der Waals surface area contributed by atoms with Crippen molar-refractivity contribution in [3.8, 4) is 17.5 Å². The average molecular weight is 329 g/mol. The topological polar surface area (TPSA) is 66.6 Å². The van der Waals surface area contributed by atoms with Crippen molar-refractivity contribution in [2.75, 3.05) is 0 Å². The Kier molecular flexibility index (Phi) is 4.72. The maximum absolute atomic E-state index is 13.7. The third-order valence-electron chi connectivity index (χ3n) is 3.50. The molecule has 0 fully saturated rings. The number of rotatable bonds is 4. The van der Waals surface area contributed by atoms with E-state index < -0.39 is 11.6 Å². The Bertz CT molecular complexity index is 974. The lowest BCUT2D eigenvalue weighted by Crippen LogP contribution is -2.04. The summed E-state index contributed by atoms with van der Waals surface area (Å²) in [7, 11) is 0. The summed E-state index contributed by atoms with van der Waals surface area (Å²) in [6, 6.07) is 16.8. The predicted molar refractivity (Wildman–Crippen MR) is 91.8 cm³/mol. The van der Waals surface area contributed by atoms with Crippen LogP contribution in [0.1, 0.15) is 15.9 Å². The maximum Gasteiger partial charge on any atom is 0.206 e. The molecule has 0 aliphatic heterocycles. The molecule has 1 aromatic heterocycles. The Morgan fingerprint density at radius 2 is 1.64 bits per heavy atom. The minimum Gasteiger partial charge on any atom is -0.288 e. The molecule has 0 bridgehead atoms. The standard InChI is InChI=1S/C20H12FN3O/c21-18-9-5-4-8-17(18)19(25)16(11-22)10-14-12-23-20(24-13-14)15-6-2-1-3-7-15/h1-10,12-13H/b16-10-. The van der Waals surface area contributed by atoms with Crippen molar-refractivity contribution in [3.63, 3.8) is 0 Å². The van der Waals surface area contributed by atoms with Gasteiger partial charge in [0.1, 0.15) is 17.5 Å². The van der Waals surface area contributed by atoms with Crippen molar-refractivity contribution < 1.29 is 9.18 Å². The highest BCUT2D eigenvalue weighted by atomic mass is 19.1. The van der Waals surface area contributed by atoms with Gasteiger partial charge < -0.3 is 0 Å². The Morgan fingerprint density at radius 3 is 2.28 bits per heavy atom. The predicted octanol–water partition coefficient (Wildman–Crippen LogP) is 4.07. The van der Waals surface area contributed by atoms with E-state index in [4.69, 9.17) is 0 Å². The van der Waals surface area contributed by atoms with E-state index in [-0.39, 0.29) is 11.1 Å². The number of carbonyl (C=O) groups excluding carboxylic acids is 1. The van der Waals surface area contributed by atoms with Crippen LogP contribution in [0.2, 0.25) is 0 Å². The fourth-order valence-electron chi connectivity index (χ4n) is 2.25. The first-order valence-electron chi connectivity index (χ1n) is 7.47. The zero-order chi connectivity index (χ0) is 17.6. The molecule has 0 saturated carbocycles. The zero-order valence-corrected chi connectivity index (χ0v) is 13.1. The van der Waals surface area contributed by atoms with Crippen LogP contribution in [-0.2, 0) is 0 Å². The van der Waals surface area contributed by atoms with Gasteiger partial charge in [0.25, 0.3) is 0 Å². The van der Waals surface area contributed by atoms with Crippen LogP contribution in [0.4, 0.5) is 4.39 Å². The van der Waals surface area contributed by atoms with Crippen molar-refractivity contribution in [1.29, 1.82) is 5.26 Å². The van der Waals surface area contributed by atoms with Crippen LogP contribution in [0.15, 0.2) is 72.6 Å². The molecule has 0 atom stereocenters. The van der Waals surface area contributed by atoms with Gasteiger partial charge in [-0.05, 0) is 18.2 Å². The molecule has 0 saturated heterocycles. The van der Waals surface area contributed by atoms with Gasteiger partial charge in [0.2, 0.25) is 5.78 Å². The zero-order valence-electron chi connectivity index (χ0n) is 13.1. The van der Waals surface area contributed by atoms with Crippen molar-refractivity contribution in [1.82, 2.24) is 9.97 Å².